The number of aryl methyl sites for hydroxylation is 1. The number of fused-ring (bicyclic) bond motifs is 1. The number of methoxy groups -OCH3 is 1. The monoisotopic (exact) mass is 343 g/mol. The number of hydrogen-bond acceptors (Lipinski definition) is 6. The van der Waals surface area contributed by atoms with Gasteiger partial charge in [-0.2, -0.15) is 10.2 Å². The number of amides is 1. The molecule has 2 aliphatic heterocycles. The lowest BCUT2D eigenvalue weighted by Crippen LogP contribution is -2.28. The van der Waals surface area contributed by atoms with Crippen LogP contribution in [0.3, 0.4) is 0 Å². The number of nitrogens with zero attached hydrogens (tertiary/aromatic N) is 4. The van der Waals surface area contributed by atoms with Gasteiger partial charge in [0.2, 0.25) is 0 Å². The molecule has 0 saturated carbocycles. The fourth-order valence-electron chi connectivity index (χ4n) is 3.09. The summed E-state index contributed by atoms with van der Waals surface area (Å²) in [5.74, 6) is 2.74. The highest BCUT2D eigenvalue weighted by Crippen LogP contribution is 2.36. The number of aromatic nitrogens is 2. The molecule has 0 spiro atoms. The first-order valence-corrected chi connectivity index (χ1v) is 8.40. The summed E-state index contributed by atoms with van der Waals surface area (Å²) in [7, 11) is 1.37. The predicted molar refractivity (Wildman–Crippen MR) is 88.8 cm³/mol. The molecule has 0 fully saturated rings. The SMILES string of the molecule is C#CCCC1(CCNC(=O)c2cn3c(n2)CCCC3C(=O)OC)N=N1. The van der Waals surface area contributed by atoms with E-state index in [2.05, 4.69) is 26.4 Å². The van der Waals surface area contributed by atoms with Crippen molar-refractivity contribution in [3.63, 3.8) is 0 Å². The number of ether oxygens (including phenoxy) is 1. The molecule has 3 rings (SSSR count). The van der Waals surface area contributed by atoms with Crippen molar-refractivity contribution in [2.24, 2.45) is 10.2 Å². The fraction of sp³-hybridized carbons (Fsp3) is 0.588. The van der Waals surface area contributed by atoms with Gasteiger partial charge in [-0.1, -0.05) is 0 Å². The average molecular weight is 343 g/mol. The van der Waals surface area contributed by atoms with Crippen LogP contribution in [0.15, 0.2) is 16.4 Å². The van der Waals surface area contributed by atoms with Gasteiger partial charge in [0.25, 0.3) is 5.91 Å². The Balaban J connectivity index is 1.58. The third kappa shape index (κ3) is 3.71. The van der Waals surface area contributed by atoms with Crippen molar-refractivity contribution >= 4 is 11.9 Å². The van der Waals surface area contributed by atoms with Crippen molar-refractivity contribution in [3.8, 4) is 12.3 Å². The molecule has 25 heavy (non-hydrogen) atoms. The second-order valence-electron chi connectivity index (χ2n) is 6.27. The van der Waals surface area contributed by atoms with Crippen molar-refractivity contribution in [3.05, 3.63) is 17.7 Å². The highest BCUT2D eigenvalue weighted by molar-refractivity contribution is 5.92. The molecule has 0 saturated heterocycles. The van der Waals surface area contributed by atoms with Crippen molar-refractivity contribution in [2.45, 2.75) is 50.2 Å². The zero-order valence-electron chi connectivity index (χ0n) is 14.2. The predicted octanol–water partition coefficient (Wildman–Crippen LogP) is 1.63. The topological polar surface area (TPSA) is 97.9 Å². The van der Waals surface area contributed by atoms with Gasteiger partial charge in [0.05, 0.1) is 7.11 Å². The number of imidazole rings is 1. The van der Waals surface area contributed by atoms with Crippen LogP contribution in [0.25, 0.3) is 0 Å². The Labute approximate surface area is 146 Å². The molecule has 8 heteroatoms. The Morgan fingerprint density at radius 3 is 2.96 bits per heavy atom. The number of hydrogen-bond donors (Lipinski definition) is 1. The van der Waals surface area contributed by atoms with E-state index in [1.165, 1.54) is 7.11 Å². The summed E-state index contributed by atoms with van der Waals surface area (Å²) in [5.41, 5.74) is -0.101. The molecular formula is C17H21N5O3. The van der Waals surface area contributed by atoms with Crippen LogP contribution in [0.2, 0.25) is 0 Å². The number of rotatable bonds is 7. The second-order valence-corrected chi connectivity index (χ2v) is 6.27. The molecule has 0 aromatic carbocycles. The van der Waals surface area contributed by atoms with Gasteiger partial charge in [0.15, 0.2) is 5.66 Å². The third-order valence-electron chi connectivity index (χ3n) is 4.59. The number of esters is 1. The Bertz CT molecular complexity index is 740. The normalized spacial score (nSPS) is 19.6. The van der Waals surface area contributed by atoms with Gasteiger partial charge >= 0.3 is 5.97 Å². The van der Waals surface area contributed by atoms with Gasteiger partial charge in [-0.25, -0.2) is 9.78 Å². The number of nitrogens with one attached hydrogen (secondary N) is 1. The molecule has 8 nitrogen and oxygen atoms in total. The van der Waals surface area contributed by atoms with E-state index in [0.29, 0.717) is 37.9 Å². The molecule has 1 unspecified atom stereocenters. The van der Waals surface area contributed by atoms with Crippen molar-refractivity contribution < 1.29 is 14.3 Å². The first-order chi connectivity index (χ1) is 12.1. The van der Waals surface area contributed by atoms with Crippen LogP contribution >= 0.6 is 0 Å². The molecule has 1 aromatic rings. The number of carbonyl (C=O) groups is 2. The Hall–Kier alpha value is -2.69. The lowest BCUT2D eigenvalue weighted by molar-refractivity contribution is -0.145. The van der Waals surface area contributed by atoms with E-state index in [1.807, 2.05) is 0 Å². The van der Waals surface area contributed by atoms with E-state index < -0.39 is 11.7 Å². The highest BCUT2D eigenvalue weighted by Gasteiger charge is 2.38. The van der Waals surface area contributed by atoms with E-state index in [1.54, 1.807) is 10.8 Å². The van der Waals surface area contributed by atoms with E-state index >= 15 is 0 Å². The van der Waals surface area contributed by atoms with Crippen LogP contribution in [0.1, 0.15) is 54.5 Å². The lowest BCUT2D eigenvalue weighted by Gasteiger charge is -2.22. The molecule has 1 amide bonds. The fourth-order valence-corrected chi connectivity index (χ4v) is 3.09. The summed E-state index contributed by atoms with van der Waals surface area (Å²) in [5, 5.41) is 10.9. The maximum atomic E-state index is 12.3. The van der Waals surface area contributed by atoms with Gasteiger partial charge in [0.1, 0.15) is 17.6 Å². The zero-order chi connectivity index (χ0) is 17.9. The summed E-state index contributed by atoms with van der Waals surface area (Å²) in [6.07, 6.45) is 11.1. The first-order valence-electron chi connectivity index (χ1n) is 8.40. The quantitative estimate of drug-likeness (QED) is 0.601. The van der Waals surface area contributed by atoms with Gasteiger partial charge in [-0.15, -0.1) is 12.3 Å². The minimum Gasteiger partial charge on any atom is -0.467 e. The molecule has 132 valence electrons. The molecule has 1 N–H and O–H groups in total. The van der Waals surface area contributed by atoms with Gasteiger partial charge in [-0.05, 0) is 12.8 Å². The van der Waals surface area contributed by atoms with E-state index in [-0.39, 0.29) is 11.9 Å². The lowest BCUT2D eigenvalue weighted by atomic mass is 10.0. The Morgan fingerprint density at radius 1 is 1.48 bits per heavy atom. The molecule has 3 heterocycles. The second kappa shape index (κ2) is 7.05. The maximum absolute atomic E-state index is 12.3. The maximum Gasteiger partial charge on any atom is 0.328 e. The van der Waals surface area contributed by atoms with Gasteiger partial charge < -0.3 is 14.6 Å². The molecule has 2 aliphatic rings. The third-order valence-corrected chi connectivity index (χ3v) is 4.59. The highest BCUT2D eigenvalue weighted by atomic mass is 16.5. The van der Waals surface area contributed by atoms with Gasteiger partial charge in [-0.3, -0.25) is 4.79 Å². The van der Waals surface area contributed by atoms with Crippen molar-refractivity contribution in [2.75, 3.05) is 13.7 Å². The standard InChI is InChI=1S/C17H21N5O3/c1-3-4-8-17(20-21-17)9-10-18-15(23)12-11-22-13(16(24)25-2)6-5-7-14(22)19-12/h1,11,13H,4-10H2,2H3,(H,18,23). The van der Waals surface area contributed by atoms with E-state index in [4.69, 9.17) is 11.2 Å². The number of carbonyl (C=O) groups excluding carboxylic acids is 2. The summed E-state index contributed by atoms with van der Waals surface area (Å²) in [4.78, 5) is 28.6. The van der Waals surface area contributed by atoms with E-state index in [9.17, 15) is 9.59 Å². The van der Waals surface area contributed by atoms with Crippen LogP contribution in [-0.4, -0.2) is 40.7 Å². The molecule has 0 bridgehead atoms. The van der Waals surface area contributed by atoms with Gasteiger partial charge in [0, 0.05) is 38.4 Å². The molecular weight excluding hydrogens is 322 g/mol. The largest absolute Gasteiger partial charge is 0.467 e. The molecule has 0 aliphatic carbocycles. The molecule has 1 aromatic heterocycles. The molecule has 0 radical (unpaired) electrons. The van der Waals surface area contributed by atoms with Crippen LogP contribution in [-0.2, 0) is 16.0 Å². The minimum atomic E-state index is -0.414. The Morgan fingerprint density at radius 2 is 2.28 bits per heavy atom. The van der Waals surface area contributed by atoms with Crippen LogP contribution < -0.4 is 5.32 Å². The summed E-state index contributed by atoms with van der Waals surface area (Å²) >= 11 is 0. The Kier molecular flexibility index (Phi) is 4.83. The first kappa shape index (κ1) is 17.1. The summed E-state index contributed by atoms with van der Waals surface area (Å²) in [6.45, 7) is 0.443. The number of terminal acetylenes is 1. The van der Waals surface area contributed by atoms with Crippen molar-refractivity contribution in [1.82, 2.24) is 14.9 Å². The minimum absolute atomic E-state index is 0.265. The van der Waals surface area contributed by atoms with Crippen LogP contribution in [0.4, 0.5) is 0 Å². The van der Waals surface area contributed by atoms with Crippen LogP contribution in [0, 0.1) is 12.3 Å². The van der Waals surface area contributed by atoms with E-state index in [0.717, 1.165) is 18.7 Å². The molecule has 1 atom stereocenters. The summed E-state index contributed by atoms with van der Waals surface area (Å²) in [6, 6.07) is -0.404. The zero-order valence-corrected chi connectivity index (χ0v) is 14.2. The van der Waals surface area contributed by atoms with Crippen LogP contribution in [0.5, 0.6) is 0 Å². The van der Waals surface area contributed by atoms with Crippen molar-refractivity contribution in [1.29, 1.82) is 0 Å². The summed E-state index contributed by atoms with van der Waals surface area (Å²) < 4.78 is 6.59. The smallest absolute Gasteiger partial charge is 0.328 e. The average Bonchev–Trinajstić information content (AvgIpc) is 3.25.